The molecule has 2 N–H and O–H groups in total. The van der Waals surface area contributed by atoms with Crippen molar-refractivity contribution in [2.24, 2.45) is 0 Å². The van der Waals surface area contributed by atoms with Crippen molar-refractivity contribution < 1.29 is 9.59 Å². The largest absolute Gasteiger partial charge is 0.348 e. The van der Waals surface area contributed by atoms with Crippen molar-refractivity contribution in [1.82, 2.24) is 10.3 Å². The van der Waals surface area contributed by atoms with Gasteiger partial charge in [-0.1, -0.05) is 30.3 Å². The summed E-state index contributed by atoms with van der Waals surface area (Å²) in [7, 11) is 0. The maximum absolute atomic E-state index is 12.2. The molecule has 25 heavy (non-hydrogen) atoms. The molecule has 0 atom stereocenters. The molecule has 0 unspecified atom stereocenters. The number of benzene rings is 2. The molecule has 124 valence electrons. The molecule has 0 radical (unpaired) electrons. The fraction of sp³-hybridized carbons (Fsp3) is 0.0500. The van der Waals surface area contributed by atoms with Crippen LogP contribution in [0.25, 0.3) is 0 Å². The summed E-state index contributed by atoms with van der Waals surface area (Å²) in [6.45, 7) is 0.379. The van der Waals surface area contributed by atoms with Crippen LogP contribution in [0.1, 0.15) is 26.3 Å². The molecule has 0 spiro atoms. The number of amides is 2. The molecule has 0 aliphatic rings. The van der Waals surface area contributed by atoms with E-state index in [4.69, 9.17) is 0 Å². The molecule has 0 bridgehead atoms. The number of hydrogen-bond donors (Lipinski definition) is 2. The third-order valence-electron chi connectivity index (χ3n) is 3.60. The molecule has 0 fully saturated rings. The highest BCUT2D eigenvalue weighted by Gasteiger charge is 2.07. The highest BCUT2D eigenvalue weighted by atomic mass is 16.2. The van der Waals surface area contributed by atoms with E-state index in [0.717, 1.165) is 5.56 Å². The van der Waals surface area contributed by atoms with Gasteiger partial charge in [-0.2, -0.15) is 0 Å². The lowest BCUT2D eigenvalue weighted by Gasteiger charge is -2.09. The SMILES string of the molecule is O=C(NCc1cccc(NC(=O)c2cccnc2)c1)c1ccccc1. The first-order valence-electron chi connectivity index (χ1n) is 7.86. The minimum atomic E-state index is -0.224. The van der Waals surface area contributed by atoms with Gasteiger partial charge in [-0.05, 0) is 42.0 Å². The van der Waals surface area contributed by atoms with Gasteiger partial charge < -0.3 is 10.6 Å². The first-order chi connectivity index (χ1) is 12.2. The molecule has 5 nitrogen and oxygen atoms in total. The molecule has 3 aromatic rings. The molecular weight excluding hydrogens is 314 g/mol. The molecule has 1 aromatic heterocycles. The second kappa shape index (κ2) is 7.88. The lowest BCUT2D eigenvalue weighted by atomic mass is 10.1. The Labute approximate surface area is 145 Å². The van der Waals surface area contributed by atoms with Crippen molar-refractivity contribution in [1.29, 1.82) is 0 Å². The van der Waals surface area contributed by atoms with Crippen LogP contribution in [0.4, 0.5) is 5.69 Å². The predicted molar refractivity (Wildman–Crippen MR) is 96.2 cm³/mol. The number of nitrogens with zero attached hydrogens (tertiary/aromatic N) is 1. The van der Waals surface area contributed by atoms with E-state index in [1.54, 1.807) is 36.5 Å². The Morgan fingerprint density at radius 2 is 1.64 bits per heavy atom. The molecule has 2 aromatic carbocycles. The number of hydrogen-bond acceptors (Lipinski definition) is 3. The number of carbonyl (C=O) groups is 2. The third kappa shape index (κ3) is 4.51. The number of anilines is 1. The van der Waals surface area contributed by atoms with E-state index in [2.05, 4.69) is 15.6 Å². The fourth-order valence-electron chi connectivity index (χ4n) is 2.33. The van der Waals surface area contributed by atoms with Crippen molar-refractivity contribution >= 4 is 17.5 Å². The minimum absolute atomic E-state index is 0.134. The van der Waals surface area contributed by atoms with E-state index in [1.165, 1.54) is 6.20 Å². The normalized spacial score (nSPS) is 10.1. The summed E-state index contributed by atoms with van der Waals surface area (Å²) in [5.74, 6) is -0.357. The van der Waals surface area contributed by atoms with Gasteiger partial charge in [0.15, 0.2) is 0 Å². The molecule has 0 saturated heterocycles. The Morgan fingerprint density at radius 1 is 0.840 bits per heavy atom. The lowest BCUT2D eigenvalue weighted by molar-refractivity contribution is 0.0950. The zero-order valence-corrected chi connectivity index (χ0v) is 13.5. The first-order valence-corrected chi connectivity index (χ1v) is 7.86. The van der Waals surface area contributed by atoms with Gasteiger partial charge in [0, 0.05) is 30.2 Å². The van der Waals surface area contributed by atoms with Crippen LogP contribution >= 0.6 is 0 Å². The second-order valence-corrected chi connectivity index (χ2v) is 5.44. The van der Waals surface area contributed by atoms with Crippen LogP contribution < -0.4 is 10.6 Å². The molecule has 1 heterocycles. The molecule has 0 aliphatic heterocycles. The Kier molecular flexibility index (Phi) is 5.16. The average Bonchev–Trinajstić information content (AvgIpc) is 2.68. The zero-order chi connectivity index (χ0) is 17.5. The Bertz CT molecular complexity index is 864. The van der Waals surface area contributed by atoms with Crippen LogP contribution in [0.2, 0.25) is 0 Å². The van der Waals surface area contributed by atoms with Crippen molar-refractivity contribution in [2.45, 2.75) is 6.54 Å². The summed E-state index contributed by atoms with van der Waals surface area (Å²) in [5, 5.41) is 5.69. The standard InChI is InChI=1S/C20H17N3O2/c24-19(16-7-2-1-3-8-16)22-13-15-6-4-10-18(12-15)23-20(25)17-9-5-11-21-14-17/h1-12,14H,13H2,(H,22,24)(H,23,25). The fourth-order valence-corrected chi connectivity index (χ4v) is 2.33. The summed E-state index contributed by atoms with van der Waals surface area (Å²) in [5.41, 5.74) is 2.67. The lowest BCUT2D eigenvalue weighted by Crippen LogP contribution is -2.22. The van der Waals surface area contributed by atoms with Gasteiger partial charge >= 0.3 is 0 Å². The number of pyridine rings is 1. The minimum Gasteiger partial charge on any atom is -0.348 e. The van der Waals surface area contributed by atoms with Crippen molar-refractivity contribution in [3.05, 3.63) is 95.8 Å². The van der Waals surface area contributed by atoms with E-state index in [9.17, 15) is 9.59 Å². The van der Waals surface area contributed by atoms with Crippen molar-refractivity contribution in [3.63, 3.8) is 0 Å². The van der Waals surface area contributed by atoms with Crippen LogP contribution in [0.5, 0.6) is 0 Å². The number of carbonyl (C=O) groups excluding carboxylic acids is 2. The van der Waals surface area contributed by atoms with Crippen LogP contribution in [0.3, 0.4) is 0 Å². The van der Waals surface area contributed by atoms with Gasteiger partial charge in [-0.15, -0.1) is 0 Å². The van der Waals surface area contributed by atoms with Crippen LogP contribution in [0, 0.1) is 0 Å². The highest BCUT2D eigenvalue weighted by Crippen LogP contribution is 2.12. The number of aromatic nitrogens is 1. The topological polar surface area (TPSA) is 71.1 Å². The molecule has 0 saturated carbocycles. The van der Waals surface area contributed by atoms with Crippen LogP contribution in [-0.4, -0.2) is 16.8 Å². The molecule has 3 rings (SSSR count). The number of nitrogens with one attached hydrogen (secondary N) is 2. The summed E-state index contributed by atoms with van der Waals surface area (Å²) in [4.78, 5) is 28.2. The van der Waals surface area contributed by atoms with Crippen LogP contribution in [0.15, 0.2) is 79.1 Å². The summed E-state index contributed by atoms with van der Waals surface area (Å²) in [6.07, 6.45) is 3.13. The molecule has 5 heteroatoms. The molecule has 0 aliphatic carbocycles. The average molecular weight is 331 g/mol. The monoisotopic (exact) mass is 331 g/mol. The Hall–Kier alpha value is -3.47. The van der Waals surface area contributed by atoms with Gasteiger partial charge in [0.2, 0.25) is 0 Å². The summed E-state index contributed by atoms with van der Waals surface area (Å²) in [6, 6.07) is 19.8. The van der Waals surface area contributed by atoms with E-state index in [-0.39, 0.29) is 11.8 Å². The Balaban J connectivity index is 1.62. The summed E-state index contributed by atoms with van der Waals surface area (Å²) < 4.78 is 0. The van der Waals surface area contributed by atoms with Crippen LogP contribution in [-0.2, 0) is 6.54 Å². The summed E-state index contributed by atoms with van der Waals surface area (Å²) >= 11 is 0. The van der Waals surface area contributed by atoms with E-state index < -0.39 is 0 Å². The smallest absolute Gasteiger partial charge is 0.257 e. The second-order valence-electron chi connectivity index (χ2n) is 5.44. The van der Waals surface area contributed by atoms with Crippen molar-refractivity contribution in [2.75, 3.05) is 5.32 Å². The van der Waals surface area contributed by atoms with Gasteiger partial charge in [-0.3, -0.25) is 14.6 Å². The van der Waals surface area contributed by atoms with E-state index in [0.29, 0.717) is 23.4 Å². The maximum atomic E-state index is 12.2. The van der Waals surface area contributed by atoms with E-state index >= 15 is 0 Å². The first kappa shape index (κ1) is 16.4. The van der Waals surface area contributed by atoms with Gasteiger partial charge in [0.05, 0.1) is 5.56 Å². The number of rotatable bonds is 5. The highest BCUT2D eigenvalue weighted by molar-refractivity contribution is 6.04. The third-order valence-corrected chi connectivity index (χ3v) is 3.60. The predicted octanol–water partition coefficient (Wildman–Crippen LogP) is 3.26. The van der Waals surface area contributed by atoms with Crippen molar-refractivity contribution in [3.8, 4) is 0 Å². The maximum Gasteiger partial charge on any atom is 0.257 e. The van der Waals surface area contributed by atoms with E-state index in [1.807, 2.05) is 36.4 Å². The molecule has 2 amide bonds. The Morgan fingerprint density at radius 3 is 2.40 bits per heavy atom. The van der Waals surface area contributed by atoms with Gasteiger partial charge in [-0.25, -0.2) is 0 Å². The zero-order valence-electron chi connectivity index (χ0n) is 13.5. The molecular formula is C20H17N3O2. The van der Waals surface area contributed by atoms with Gasteiger partial charge in [0.1, 0.15) is 0 Å². The quantitative estimate of drug-likeness (QED) is 0.754. The van der Waals surface area contributed by atoms with Gasteiger partial charge in [0.25, 0.3) is 11.8 Å².